The number of esters is 2. The zero-order chi connectivity index (χ0) is 13.9. The second kappa shape index (κ2) is 5.08. The summed E-state index contributed by atoms with van der Waals surface area (Å²) in [4.78, 5) is 22.6. The molecule has 0 aliphatic heterocycles. The van der Waals surface area contributed by atoms with Gasteiger partial charge >= 0.3 is 11.9 Å². The van der Waals surface area contributed by atoms with Crippen LogP contribution in [0.15, 0.2) is 18.2 Å². The van der Waals surface area contributed by atoms with Crippen molar-refractivity contribution >= 4 is 17.6 Å². The maximum atomic E-state index is 11.8. The van der Waals surface area contributed by atoms with Crippen molar-refractivity contribution in [2.24, 2.45) is 0 Å². The lowest BCUT2D eigenvalue weighted by Crippen LogP contribution is -2.24. The highest BCUT2D eigenvalue weighted by Gasteiger charge is 2.20. The Morgan fingerprint density at radius 2 is 1.83 bits per heavy atom. The summed E-state index contributed by atoms with van der Waals surface area (Å²) in [5, 5.41) is 0. The molecule has 2 N–H and O–H groups in total. The fourth-order valence-corrected chi connectivity index (χ4v) is 1.29. The van der Waals surface area contributed by atoms with E-state index in [2.05, 4.69) is 0 Å². The number of carbonyl (C=O) groups excluding carboxylic acids is 2. The SMILES string of the molecule is CC(=O)Oc1ccc(C(=O)OC(C)(C)C)c(N)c1. The molecular formula is C13H17NO4. The van der Waals surface area contributed by atoms with Gasteiger partial charge in [-0.05, 0) is 32.9 Å². The third-order valence-corrected chi connectivity index (χ3v) is 1.90. The molecule has 1 aromatic rings. The lowest BCUT2D eigenvalue weighted by molar-refractivity contribution is -0.131. The van der Waals surface area contributed by atoms with Crippen molar-refractivity contribution in [1.29, 1.82) is 0 Å². The standard InChI is InChI=1S/C13H17NO4/c1-8(15)17-9-5-6-10(11(14)7-9)12(16)18-13(2,3)4/h5-7H,14H2,1-4H3. The summed E-state index contributed by atoms with van der Waals surface area (Å²) in [6, 6.07) is 4.39. The normalized spacial score (nSPS) is 10.9. The van der Waals surface area contributed by atoms with Crippen LogP contribution in [-0.2, 0) is 9.53 Å². The Morgan fingerprint density at radius 1 is 1.22 bits per heavy atom. The number of nitrogen functional groups attached to an aromatic ring is 1. The first-order chi connectivity index (χ1) is 8.19. The average molecular weight is 251 g/mol. The smallest absolute Gasteiger partial charge is 0.340 e. The van der Waals surface area contributed by atoms with Crippen LogP contribution in [0.1, 0.15) is 38.1 Å². The Labute approximate surface area is 106 Å². The molecule has 0 spiro atoms. The number of nitrogens with two attached hydrogens (primary N) is 1. The first-order valence-corrected chi connectivity index (χ1v) is 5.50. The van der Waals surface area contributed by atoms with E-state index in [9.17, 15) is 9.59 Å². The van der Waals surface area contributed by atoms with Crippen molar-refractivity contribution in [3.8, 4) is 5.75 Å². The van der Waals surface area contributed by atoms with E-state index in [-0.39, 0.29) is 11.3 Å². The predicted octanol–water partition coefficient (Wildman–Crippen LogP) is 2.15. The van der Waals surface area contributed by atoms with E-state index in [0.29, 0.717) is 5.75 Å². The first kappa shape index (κ1) is 14.0. The molecule has 1 rings (SSSR count). The van der Waals surface area contributed by atoms with Crippen LogP contribution in [0, 0.1) is 0 Å². The molecule has 0 saturated heterocycles. The Kier molecular flexibility index (Phi) is 3.96. The Hall–Kier alpha value is -2.04. The fraction of sp³-hybridized carbons (Fsp3) is 0.385. The van der Waals surface area contributed by atoms with Crippen LogP contribution in [-0.4, -0.2) is 17.5 Å². The molecule has 98 valence electrons. The van der Waals surface area contributed by atoms with E-state index < -0.39 is 17.5 Å². The number of hydrogen-bond donors (Lipinski definition) is 1. The number of hydrogen-bond acceptors (Lipinski definition) is 5. The molecule has 5 heteroatoms. The molecule has 0 aliphatic rings. The van der Waals surface area contributed by atoms with Gasteiger partial charge in [0, 0.05) is 18.7 Å². The molecule has 0 saturated carbocycles. The number of anilines is 1. The first-order valence-electron chi connectivity index (χ1n) is 5.50. The molecule has 0 heterocycles. The molecule has 0 atom stereocenters. The summed E-state index contributed by atoms with van der Waals surface area (Å²) in [5.74, 6) is -0.652. The Balaban J connectivity index is 2.92. The van der Waals surface area contributed by atoms with E-state index in [1.165, 1.54) is 25.1 Å². The van der Waals surface area contributed by atoms with Crippen LogP contribution in [0.3, 0.4) is 0 Å². The van der Waals surface area contributed by atoms with Gasteiger partial charge in [0.15, 0.2) is 0 Å². The number of rotatable bonds is 2. The lowest BCUT2D eigenvalue weighted by Gasteiger charge is -2.20. The number of benzene rings is 1. The van der Waals surface area contributed by atoms with E-state index in [0.717, 1.165) is 0 Å². The Morgan fingerprint density at radius 3 is 2.28 bits per heavy atom. The lowest BCUT2D eigenvalue weighted by atomic mass is 10.1. The molecule has 0 unspecified atom stereocenters. The molecule has 0 aromatic heterocycles. The van der Waals surface area contributed by atoms with Crippen molar-refractivity contribution in [3.63, 3.8) is 0 Å². The third kappa shape index (κ3) is 4.08. The zero-order valence-corrected chi connectivity index (χ0v) is 10.9. The van der Waals surface area contributed by atoms with Crippen LogP contribution >= 0.6 is 0 Å². The van der Waals surface area contributed by atoms with Gasteiger partial charge in [0.05, 0.1) is 5.56 Å². The van der Waals surface area contributed by atoms with Crippen molar-refractivity contribution in [1.82, 2.24) is 0 Å². The molecule has 0 aliphatic carbocycles. The summed E-state index contributed by atoms with van der Waals surface area (Å²) in [5.41, 5.74) is 5.60. The summed E-state index contributed by atoms with van der Waals surface area (Å²) in [6.45, 7) is 6.61. The minimum atomic E-state index is -0.585. The molecule has 0 amide bonds. The van der Waals surface area contributed by atoms with Crippen molar-refractivity contribution < 1.29 is 19.1 Å². The van der Waals surface area contributed by atoms with Crippen LogP contribution in [0.2, 0.25) is 0 Å². The topological polar surface area (TPSA) is 78.6 Å². The molecule has 0 radical (unpaired) electrons. The summed E-state index contributed by atoms with van der Waals surface area (Å²) < 4.78 is 10.1. The van der Waals surface area contributed by atoms with Gasteiger partial charge in [-0.1, -0.05) is 0 Å². The molecular weight excluding hydrogens is 234 g/mol. The van der Waals surface area contributed by atoms with Gasteiger partial charge in [-0.25, -0.2) is 4.79 Å². The van der Waals surface area contributed by atoms with Gasteiger partial charge in [0.2, 0.25) is 0 Å². The summed E-state index contributed by atoms with van der Waals surface area (Å²) in [6.07, 6.45) is 0. The highest BCUT2D eigenvalue weighted by Crippen LogP contribution is 2.22. The number of carbonyl (C=O) groups is 2. The highest BCUT2D eigenvalue weighted by atomic mass is 16.6. The van der Waals surface area contributed by atoms with E-state index >= 15 is 0 Å². The molecule has 18 heavy (non-hydrogen) atoms. The monoisotopic (exact) mass is 251 g/mol. The maximum Gasteiger partial charge on any atom is 0.340 e. The van der Waals surface area contributed by atoms with Crippen LogP contribution in [0.5, 0.6) is 5.75 Å². The van der Waals surface area contributed by atoms with E-state index in [1.807, 2.05) is 0 Å². The largest absolute Gasteiger partial charge is 0.456 e. The average Bonchev–Trinajstić information content (AvgIpc) is 2.13. The molecule has 0 bridgehead atoms. The van der Waals surface area contributed by atoms with Gasteiger partial charge < -0.3 is 15.2 Å². The minimum Gasteiger partial charge on any atom is -0.456 e. The number of ether oxygens (including phenoxy) is 2. The molecule has 0 fully saturated rings. The molecule has 5 nitrogen and oxygen atoms in total. The molecule has 1 aromatic carbocycles. The predicted molar refractivity (Wildman–Crippen MR) is 67.3 cm³/mol. The zero-order valence-electron chi connectivity index (χ0n) is 10.9. The fourth-order valence-electron chi connectivity index (χ4n) is 1.29. The summed E-state index contributed by atoms with van der Waals surface area (Å²) >= 11 is 0. The van der Waals surface area contributed by atoms with Gasteiger partial charge in [-0.3, -0.25) is 4.79 Å². The summed E-state index contributed by atoms with van der Waals surface area (Å²) in [7, 11) is 0. The van der Waals surface area contributed by atoms with Gasteiger partial charge in [0.25, 0.3) is 0 Å². The second-order valence-electron chi connectivity index (χ2n) is 4.84. The van der Waals surface area contributed by atoms with Crippen molar-refractivity contribution in [3.05, 3.63) is 23.8 Å². The quantitative estimate of drug-likeness (QED) is 0.495. The van der Waals surface area contributed by atoms with E-state index in [4.69, 9.17) is 15.2 Å². The Bertz CT molecular complexity index is 474. The van der Waals surface area contributed by atoms with E-state index in [1.54, 1.807) is 20.8 Å². The van der Waals surface area contributed by atoms with Crippen LogP contribution in [0.25, 0.3) is 0 Å². The van der Waals surface area contributed by atoms with Gasteiger partial charge in [0.1, 0.15) is 11.4 Å². The second-order valence-corrected chi connectivity index (χ2v) is 4.84. The van der Waals surface area contributed by atoms with Gasteiger partial charge in [-0.2, -0.15) is 0 Å². The third-order valence-electron chi connectivity index (χ3n) is 1.90. The van der Waals surface area contributed by atoms with Crippen molar-refractivity contribution in [2.45, 2.75) is 33.3 Å². The van der Waals surface area contributed by atoms with Crippen molar-refractivity contribution in [2.75, 3.05) is 5.73 Å². The maximum absolute atomic E-state index is 11.8. The highest BCUT2D eigenvalue weighted by molar-refractivity contribution is 5.95. The van der Waals surface area contributed by atoms with Gasteiger partial charge in [-0.15, -0.1) is 0 Å². The van der Waals surface area contributed by atoms with Crippen LogP contribution < -0.4 is 10.5 Å². The minimum absolute atomic E-state index is 0.211. The van der Waals surface area contributed by atoms with Crippen LogP contribution in [0.4, 0.5) is 5.69 Å².